The summed E-state index contributed by atoms with van der Waals surface area (Å²) < 4.78 is 27.0. The highest BCUT2D eigenvalue weighted by molar-refractivity contribution is 5.35. The van der Waals surface area contributed by atoms with Crippen LogP contribution in [0.3, 0.4) is 0 Å². The first kappa shape index (κ1) is 18.3. The molecule has 2 aliphatic heterocycles. The fourth-order valence-electron chi connectivity index (χ4n) is 3.81. The van der Waals surface area contributed by atoms with Gasteiger partial charge in [0.2, 0.25) is 5.95 Å². The lowest BCUT2D eigenvalue weighted by atomic mass is 10.1. The molecule has 7 heteroatoms. The van der Waals surface area contributed by atoms with Crippen molar-refractivity contribution in [2.75, 3.05) is 44.2 Å². The summed E-state index contributed by atoms with van der Waals surface area (Å²) in [5.74, 6) is -0.206. The molecule has 0 aliphatic carbocycles. The van der Waals surface area contributed by atoms with Gasteiger partial charge in [-0.1, -0.05) is 13.0 Å². The molecular weight excluding hydrogens is 348 g/mol. The first-order chi connectivity index (χ1) is 13.1. The van der Waals surface area contributed by atoms with Crippen LogP contribution in [0.5, 0.6) is 0 Å². The second kappa shape index (κ2) is 7.86. The SMILES string of the molecule is CCN1CCN(c2ncc3c(n2)CCN(Cc2ccc(F)cc2F)C3)CC1. The molecule has 0 atom stereocenters. The van der Waals surface area contributed by atoms with Gasteiger partial charge in [0, 0.05) is 75.6 Å². The third-order valence-corrected chi connectivity index (χ3v) is 5.51. The fourth-order valence-corrected chi connectivity index (χ4v) is 3.81. The maximum absolute atomic E-state index is 13.9. The summed E-state index contributed by atoms with van der Waals surface area (Å²) in [4.78, 5) is 16.2. The van der Waals surface area contributed by atoms with Gasteiger partial charge in [-0.05, 0) is 12.6 Å². The first-order valence-corrected chi connectivity index (χ1v) is 9.60. The van der Waals surface area contributed by atoms with Crippen molar-refractivity contribution in [1.82, 2.24) is 19.8 Å². The predicted molar refractivity (Wildman–Crippen MR) is 101 cm³/mol. The lowest BCUT2D eigenvalue weighted by molar-refractivity contribution is 0.239. The van der Waals surface area contributed by atoms with Gasteiger partial charge in [0.1, 0.15) is 11.6 Å². The van der Waals surface area contributed by atoms with Crippen molar-refractivity contribution in [2.24, 2.45) is 0 Å². The molecule has 1 fully saturated rings. The van der Waals surface area contributed by atoms with Crippen molar-refractivity contribution in [1.29, 1.82) is 0 Å². The Bertz CT molecular complexity index is 805. The molecule has 0 amide bonds. The van der Waals surface area contributed by atoms with Gasteiger partial charge in [0.05, 0.1) is 5.69 Å². The first-order valence-electron chi connectivity index (χ1n) is 9.60. The van der Waals surface area contributed by atoms with Crippen LogP contribution < -0.4 is 4.90 Å². The Morgan fingerprint density at radius 2 is 1.85 bits per heavy atom. The van der Waals surface area contributed by atoms with E-state index in [0.29, 0.717) is 18.7 Å². The molecule has 0 radical (unpaired) electrons. The summed E-state index contributed by atoms with van der Waals surface area (Å²) in [6.07, 6.45) is 2.74. The van der Waals surface area contributed by atoms with Crippen molar-refractivity contribution in [3.8, 4) is 0 Å². The van der Waals surface area contributed by atoms with Crippen molar-refractivity contribution < 1.29 is 8.78 Å². The number of anilines is 1. The Kier molecular flexibility index (Phi) is 5.31. The summed E-state index contributed by atoms with van der Waals surface area (Å²) in [6.45, 7) is 9.26. The van der Waals surface area contributed by atoms with Gasteiger partial charge in [-0.2, -0.15) is 0 Å². The van der Waals surface area contributed by atoms with Gasteiger partial charge < -0.3 is 9.80 Å². The minimum Gasteiger partial charge on any atom is -0.338 e. The maximum atomic E-state index is 13.9. The van der Waals surface area contributed by atoms with Gasteiger partial charge in [-0.25, -0.2) is 18.7 Å². The van der Waals surface area contributed by atoms with Crippen LogP contribution >= 0.6 is 0 Å². The molecule has 1 aromatic heterocycles. The molecule has 0 N–H and O–H groups in total. The maximum Gasteiger partial charge on any atom is 0.225 e. The quantitative estimate of drug-likeness (QED) is 0.823. The van der Waals surface area contributed by atoms with Crippen LogP contribution in [-0.4, -0.2) is 59.0 Å². The lowest BCUT2D eigenvalue weighted by Gasteiger charge is -2.35. The van der Waals surface area contributed by atoms with E-state index in [0.717, 1.165) is 69.0 Å². The Morgan fingerprint density at radius 3 is 2.59 bits per heavy atom. The van der Waals surface area contributed by atoms with Crippen LogP contribution in [0.2, 0.25) is 0 Å². The van der Waals surface area contributed by atoms with E-state index in [1.165, 1.54) is 12.1 Å². The lowest BCUT2D eigenvalue weighted by Crippen LogP contribution is -2.47. The highest BCUT2D eigenvalue weighted by Crippen LogP contribution is 2.22. The number of hydrogen-bond donors (Lipinski definition) is 0. The minimum atomic E-state index is -0.541. The summed E-state index contributed by atoms with van der Waals surface area (Å²) in [5, 5.41) is 0. The van der Waals surface area contributed by atoms with E-state index in [4.69, 9.17) is 4.98 Å². The molecule has 1 aromatic carbocycles. The van der Waals surface area contributed by atoms with E-state index in [9.17, 15) is 8.78 Å². The van der Waals surface area contributed by atoms with E-state index < -0.39 is 11.6 Å². The fraction of sp³-hybridized carbons (Fsp3) is 0.500. The highest BCUT2D eigenvalue weighted by Gasteiger charge is 2.22. The predicted octanol–water partition coefficient (Wildman–Crippen LogP) is 2.46. The molecule has 1 saturated heterocycles. The average molecular weight is 373 g/mol. The molecule has 4 rings (SSSR count). The molecule has 0 unspecified atom stereocenters. The van der Waals surface area contributed by atoms with Gasteiger partial charge >= 0.3 is 0 Å². The van der Waals surface area contributed by atoms with Gasteiger partial charge in [0.25, 0.3) is 0 Å². The Balaban J connectivity index is 1.42. The average Bonchev–Trinajstić information content (AvgIpc) is 2.70. The molecule has 2 aromatic rings. The van der Waals surface area contributed by atoms with Crippen molar-refractivity contribution in [3.05, 3.63) is 52.9 Å². The minimum absolute atomic E-state index is 0.465. The smallest absolute Gasteiger partial charge is 0.225 e. The van der Waals surface area contributed by atoms with Gasteiger partial charge in [-0.15, -0.1) is 0 Å². The summed E-state index contributed by atoms with van der Waals surface area (Å²) in [5.41, 5.74) is 2.71. The number of likely N-dealkylation sites (N-methyl/N-ethyl adjacent to an activating group) is 1. The zero-order valence-corrected chi connectivity index (χ0v) is 15.7. The Hall–Kier alpha value is -2.12. The molecule has 3 heterocycles. The third kappa shape index (κ3) is 4.09. The van der Waals surface area contributed by atoms with Gasteiger partial charge in [0.15, 0.2) is 0 Å². The van der Waals surface area contributed by atoms with E-state index in [1.54, 1.807) is 0 Å². The van der Waals surface area contributed by atoms with E-state index in [1.807, 2.05) is 6.20 Å². The zero-order chi connectivity index (χ0) is 18.8. The van der Waals surface area contributed by atoms with E-state index in [-0.39, 0.29) is 0 Å². The number of rotatable bonds is 4. The molecule has 0 saturated carbocycles. The standard InChI is InChI=1S/C20H25F2N5/c1-2-25-7-9-27(10-8-25)20-23-12-16-14-26(6-5-19(16)24-20)13-15-3-4-17(21)11-18(15)22/h3-4,11-12H,2,5-10,13-14H2,1H3. The molecular formula is C20H25F2N5. The van der Waals surface area contributed by atoms with Crippen molar-refractivity contribution in [2.45, 2.75) is 26.4 Å². The summed E-state index contributed by atoms with van der Waals surface area (Å²) in [6, 6.07) is 3.78. The molecule has 0 spiro atoms. The number of halogens is 2. The van der Waals surface area contributed by atoms with E-state index in [2.05, 4.69) is 26.6 Å². The van der Waals surface area contributed by atoms with Crippen molar-refractivity contribution in [3.63, 3.8) is 0 Å². The van der Waals surface area contributed by atoms with Crippen LogP contribution in [-0.2, 0) is 19.5 Å². The normalized spacial score (nSPS) is 18.6. The molecule has 27 heavy (non-hydrogen) atoms. The second-order valence-electron chi connectivity index (χ2n) is 7.26. The summed E-state index contributed by atoms with van der Waals surface area (Å²) in [7, 11) is 0. The largest absolute Gasteiger partial charge is 0.338 e. The number of fused-ring (bicyclic) bond motifs is 1. The number of aromatic nitrogens is 2. The topological polar surface area (TPSA) is 35.5 Å². The monoisotopic (exact) mass is 373 g/mol. The van der Waals surface area contributed by atoms with Crippen molar-refractivity contribution >= 4 is 5.95 Å². The molecule has 5 nitrogen and oxygen atoms in total. The highest BCUT2D eigenvalue weighted by atomic mass is 19.1. The van der Waals surface area contributed by atoms with E-state index >= 15 is 0 Å². The number of benzene rings is 1. The number of nitrogens with zero attached hydrogens (tertiary/aromatic N) is 5. The molecule has 144 valence electrons. The molecule has 0 bridgehead atoms. The van der Waals surface area contributed by atoms with Crippen LogP contribution in [0, 0.1) is 11.6 Å². The third-order valence-electron chi connectivity index (χ3n) is 5.51. The van der Waals surface area contributed by atoms with Crippen LogP contribution in [0.25, 0.3) is 0 Å². The number of piperazine rings is 1. The molecule has 2 aliphatic rings. The Labute approximate surface area is 158 Å². The Morgan fingerprint density at radius 1 is 1.04 bits per heavy atom. The number of hydrogen-bond acceptors (Lipinski definition) is 5. The van der Waals surface area contributed by atoms with Crippen LogP contribution in [0.1, 0.15) is 23.7 Å². The summed E-state index contributed by atoms with van der Waals surface area (Å²) >= 11 is 0. The second-order valence-corrected chi connectivity index (χ2v) is 7.26. The van der Waals surface area contributed by atoms with Crippen LogP contribution in [0.4, 0.5) is 14.7 Å². The van der Waals surface area contributed by atoms with Gasteiger partial charge in [-0.3, -0.25) is 4.90 Å². The zero-order valence-electron chi connectivity index (χ0n) is 15.7. The van der Waals surface area contributed by atoms with Crippen LogP contribution in [0.15, 0.2) is 24.4 Å².